The molecule has 1 aromatic carbocycles. The van der Waals surface area contributed by atoms with Gasteiger partial charge in [-0.1, -0.05) is 5.16 Å². The molecule has 3 heteroatoms. The summed E-state index contributed by atoms with van der Waals surface area (Å²) in [6.07, 6.45) is 2.93. The van der Waals surface area contributed by atoms with Crippen LogP contribution in [0.25, 0.3) is 0 Å². The molecule has 1 aliphatic rings. The second-order valence-corrected chi connectivity index (χ2v) is 3.88. The number of ether oxygens (including phenoxy) is 1. The third-order valence-electron chi connectivity index (χ3n) is 2.91. The Hall–Kier alpha value is -1.51. The van der Waals surface area contributed by atoms with Crippen LogP contribution in [-0.4, -0.2) is 18.0 Å². The van der Waals surface area contributed by atoms with Crippen molar-refractivity contribution in [2.24, 2.45) is 5.16 Å². The van der Waals surface area contributed by atoms with Crippen LogP contribution < -0.4 is 4.74 Å². The fraction of sp³-hybridized carbons (Fsp3) is 0.417. The van der Waals surface area contributed by atoms with Gasteiger partial charge in [0.25, 0.3) is 0 Å². The molecule has 2 rings (SSSR count). The van der Waals surface area contributed by atoms with Gasteiger partial charge >= 0.3 is 0 Å². The zero-order chi connectivity index (χ0) is 10.8. The number of hydrogen-bond acceptors (Lipinski definition) is 3. The lowest BCUT2D eigenvalue weighted by Crippen LogP contribution is -2.12. The van der Waals surface area contributed by atoms with Gasteiger partial charge in [0, 0.05) is 5.56 Å². The van der Waals surface area contributed by atoms with Crippen LogP contribution in [-0.2, 0) is 6.42 Å². The van der Waals surface area contributed by atoms with Crippen molar-refractivity contribution in [1.29, 1.82) is 0 Å². The average molecular weight is 205 g/mol. The van der Waals surface area contributed by atoms with Gasteiger partial charge in [0.2, 0.25) is 0 Å². The number of nitrogens with zero attached hydrogens (tertiary/aromatic N) is 1. The molecule has 0 aromatic heterocycles. The van der Waals surface area contributed by atoms with Crippen molar-refractivity contribution < 1.29 is 9.94 Å². The number of fused-ring (bicyclic) bond motifs is 1. The normalized spacial score (nSPS) is 17.6. The number of aryl methyl sites for hydroxylation is 2. The average Bonchev–Trinajstić information content (AvgIpc) is 2.27. The first-order chi connectivity index (χ1) is 7.26. The van der Waals surface area contributed by atoms with Crippen LogP contribution in [0.5, 0.6) is 5.75 Å². The molecule has 3 nitrogen and oxygen atoms in total. The summed E-state index contributed by atoms with van der Waals surface area (Å²) in [6, 6.07) is 4.09. The highest BCUT2D eigenvalue weighted by Gasteiger charge is 2.17. The van der Waals surface area contributed by atoms with Gasteiger partial charge < -0.3 is 9.94 Å². The van der Waals surface area contributed by atoms with Crippen LogP contribution in [0, 0.1) is 6.92 Å². The Bertz CT molecular complexity index is 410. The lowest BCUT2D eigenvalue weighted by atomic mass is 9.88. The molecule has 0 amide bonds. The van der Waals surface area contributed by atoms with Crippen molar-refractivity contribution in [2.45, 2.75) is 26.2 Å². The van der Waals surface area contributed by atoms with Crippen molar-refractivity contribution in [3.8, 4) is 5.75 Å². The van der Waals surface area contributed by atoms with Crippen molar-refractivity contribution >= 4 is 5.71 Å². The summed E-state index contributed by atoms with van der Waals surface area (Å²) < 4.78 is 5.28. The minimum Gasteiger partial charge on any atom is -0.496 e. The molecule has 1 N–H and O–H groups in total. The molecule has 0 heterocycles. The summed E-state index contributed by atoms with van der Waals surface area (Å²) >= 11 is 0. The van der Waals surface area contributed by atoms with E-state index in [9.17, 15) is 0 Å². The fourth-order valence-electron chi connectivity index (χ4n) is 2.11. The monoisotopic (exact) mass is 205 g/mol. The van der Waals surface area contributed by atoms with Gasteiger partial charge in [-0.25, -0.2) is 0 Å². The zero-order valence-electron chi connectivity index (χ0n) is 9.08. The van der Waals surface area contributed by atoms with Gasteiger partial charge in [0.1, 0.15) is 5.75 Å². The molecule has 0 saturated carbocycles. The maximum absolute atomic E-state index is 8.91. The van der Waals surface area contributed by atoms with Crippen LogP contribution in [0.1, 0.15) is 29.5 Å². The molecule has 0 fully saturated rings. The number of rotatable bonds is 1. The first-order valence-corrected chi connectivity index (χ1v) is 5.15. The fourth-order valence-corrected chi connectivity index (χ4v) is 2.11. The molecule has 0 spiro atoms. The highest BCUT2D eigenvalue weighted by Crippen LogP contribution is 2.28. The SMILES string of the molecule is COc1cc2c(cc1C)/C(=N\O)CCC2. The van der Waals surface area contributed by atoms with Crippen LogP contribution in [0.4, 0.5) is 0 Å². The first kappa shape index (κ1) is 10.0. The van der Waals surface area contributed by atoms with Crippen molar-refractivity contribution in [2.75, 3.05) is 7.11 Å². The van der Waals surface area contributed by atoms with E-state index in [2.05, 4.69) is 11.2 Å². The molecule has 0 bridgehead atoms. The molecule has 0 unspecified atom stereocenters. The number of oxime groups is 1. The number of methoxy groups -OCH3 is 1. The van der Waals surface area contributed by atoms with Crippen molar-refractivity contribution in [3.63, 3.8) is 0 Å². The molecule has 0 radical (unpaired) electrons. The van der Waals surface area contributed by atoms with Gasteiger partial charge in [-0.05, 0) is 49.4 Å². The second-order valence-electron chi connectivity index (χ2n) is 3.88. The Morgan fingerprint density at radius 2 is 2.13 bits per heavy atom. The summed E-state index contributed by atoms with van der Waals surface area (Å²) in [5.74, 6) is 0.910. The van der Waals surface area contributed by atoms with E-state index in [1.165, 1.54) is 5.56 Å². The summed E-state index contributed by atoms with van der Waals surface area (Å²) in [5, 5.41) is 12.3. The van der Waals surface area contributed by atoms with E-state index in [4.69, 9.17) is 9.94 Å². The van der Waals surface area contributed by atoms with Crippen LogP contribution in [0.15, 0.2) is 17.3 Å². The summed E-state index contributed by atoms with van der Waals surface area (Å²) in [7, 11) is 1.68. The molecule has 15 heavy (non-hydrogen) atoms. The van der Waals surface area contributed by atoms with E-state index < -0.39 is 0 Å². The van der Waals surface area contributed by atoms with Gasteiger partial charge in [0.05, 0.1) is 12.8 Å². The minimum absolute atomic E-state index is 0.794. The molecule has 0 atom stereocenters. The smallest absolute Gasteiger partial charge is 0.122 e. The van der Waals surface area contributed by atoms with Crippen molar-refractivity contribution in [3.05, 3.63) is 28.8 Å². The van der Waals surface area contributed by atoms with E-state index >= 15 is 0 Å². The van der Waals surface area contributed by atoms with Crippen molar-refractivity contribution in [1.82, 2.24) is 0 Å². The lowest BCUT2D eigenvalue weighted by molar-refractivity contribution is 0.317. The molecule has 0 aliphatic heterocycles. The van der Waals surface area contributed by atoms with Crippen LogP contribution in [0.2, 0.25) is 0 Å². The van der Waals surface area contributed by atoms with E-state index in [0.29, 0.717) is 0 Å². The van der Waals surface area contributed by atoms with E-state index in [-0.39, 0.29) is 0 Å². The van der Waals surface area contributed by atoms with Gasteiger partial charge in [-0.3, -0.25) is 0 Å². The Labute approximate surface area is 89.4 Å². The van der Waals surface area contributed by atoms with E-state index in [1.807, 2.05) is 13.0 Å². The van der Waals surface area contributed by atoms with Gasteiger partial charge in [-0.15, -0.1) is 0 Å². The second kappa shape index (κ2) is 3.93. The molecule has 1 aliphatic carbocycles. The number of hydrogen-bond donors (Lipinski definition) is 1. The van der Waals surface area contributed by atoms with Crippen LogP contribution >= 0.6 is 0 Å². The summed E-state index contributed by atoms with van der Waals surface area (Å²) in [5.41, 5.74) is 4.17. The predicted octanol–water partition coefficient (Wildman–Crippen LogP) is 2.52. The topological polar surface area (TPSA) is 41.8 Å². The molecule has 1 aromatic rings. The summed E-state index contributed by atoms with van der Waals surface area (Å²) in [6.45, 7) is 2.00. The van der Waals surface area contributed by atoms with Gasteiger partial charge in [-0.2, -0.15) is 0 Å². The lowest BCUT2D eigenvalue weighted by Gasteiger charge is -2.18. The minimum atomic E-state index is 0.794. The third kappa shape index (κ3) is 1.69. The summed E-state index contributed by atoms with van der Waals surface area (Å²) in [4.78, 5) is 0. The molecule has 0 saturated heterocycles. The maximum atomic E-state index is 8.91. The van der Waals surface area contributed by atoms with E-state index in [1.54, 1.807) is 7.11 Å². The highest BCUT2D eigenvalue weighted by atomic mass is 16.5. The molecule has 80 valence electrons. The number of benzene rings is 1. The molecular formula is C12H15NO2. The van der Waals surface area contributed by atoms with Gasteiger partial charge in [0.15, 0.2) is 0 Å². The standard InChI is InChI=1S/C12H15NO2/c1-8-6-10-9(7-12(8)15-2)4-3-5-11(10)13-14/h6-7,14H,3-5H2,1-2H3/b13-11-. The maximum Gasteiger partial charge on any atom is 0.122 e. The highest BCUT2D eigenvalue weighted by molar-refractivity contribution is 6.02. The Kier molecular flexibility index (Phi) is 2.62. The third-order valence-corrected chi connectivity index (χ3v) is 2.91. The Morgan fingerprint density at radius 3 is 2.80 bits per heavy atom. The largest absolute Gasteiger partial charge is 0.496 e. The Morgan fingerprint density at radius 1 is 1.33 bits per heavy atom. The molecular weight excluding hydrogens is 190 g/mol. The predicted molar refractivity (Wildman–Crippen MR) is 59.0 cm³/mol. The first-order valence-electron chi connectivity index (χ1n) is 5.15. The van der Waals surface area contributed by atoms with E-state index in [0.717, 1.165) is 41.9 Å². The zero-order valence-corrected chi connectivity index (χ0v) is 9.08. The Balaban J connectivity index is 2.55. The quantitative estimate of drug-likeness (QED) is 0.565. The van der Waals surface area contributed by atoms with Crippen LogP contribution in [0.3, 0.4) is 0 Å².